The van der Waals surface area contributed by atoms with Crippen molar-refractivity contribution in [2.24, 2.45) is 0 Å². The Balaban J connectivity index is 2.54. The van der Waals surface area contributed by atoms with Gasteiger partial charge in [0.05, 0.1) is 5.56 Å². The van der Waals surface area contributed by atoms with Crippen molar-refractivity contribution in [2.45, 2.75) is 39.2 Å². The second-order valence-electron chi connectivity index (χ2n) is 5.03. The van der Waals surface area contributed by atoms with E-state index in [1.54, 1.807) is 12.1 Å². The molecule has 0 radical (unpaired) electrons. The Morgan fingerprint density at radius 3 is 2.75 bits per heavy atom. The van der Waals surface area contributed by atoms with E-state index in [9.17, 15) is 9.90 Å². The number of fused-ring (bicyclic) bond motifs is 1. The van der Waals surface area contributed by atoms with Crippen LogP contribution in [0.15, 0.2) is 24.4 Å². The smallest absolute Gasteiger partial charge is 0.336 e. The van der Waals surface area contributed by atoms with Crippen molar-refractivity contribution >= 4 is 16.9 Å². The van der Waals surface area contributed by atoms with Gasteiger partial charge in [-0.15, -0.1) is 0 Å². The van der Waals surface area contributed by atoms with E-state index in [0.717, 1.165) is 35.7 Å². The fourth-order valence-corrected chi connectivity index (χ4v) is 2.60. The number of aromatic nitrogens is 1. The maximum atomic E-state index is 11.4. The Hall–Kier alpha value is -1.81. The maximum Gasteiger partial charge on any atom is 0.336 e. The van der Waals surface area contributed by atoms with E-state index in [1.165, 1.54) is 0 Å². The highest BCUT2D eigenvalue weighted by Crippen LogP contribution is 2.27. The van der Waals surface area contributed by atoms with E-state index >= 15 is 0 Å². The first-order valence-corrected chi connectivity index (χ1v) is 7.14. The van der Waals surface area contributed by atoms with Crippen molar-refractivity contribution in [3.05, 3.63) is 35.5 Å². The predicted molar refractivity (Wildman–Crippen MR) is 79.2 cm³/mol. The highest BCUT2D eigenvalue weighted by Gasteiger charge is 2.15. The number of aliphatic hydroxyl groups is 1. The maximum absolute atomic E-state index is 11.4. The van der Waals surface area contributed by atoms with Crippen LogP contribution in [-0.4, -0.2) is 27.4 Å². The molecule has 1 aromatic carbocycles. The van der Waals surface area contributed by atoms with Crippen molar-refractivity contribution in [2.75, 3.05) is 6.61 Å². The van der Waals surface area contributed by atoms with Gasteiger partial charge in [-0.05, 0) is 37.0 Å². The van der Waals surface area contributed by atoms with Gasteiger partial charge < -0.3 is 14.8 Å². The van der Waals surface area contributed by atoms with Crippen molar-refractivity contribution < 1.29 is 15.0 Å². The standard InChI is InChI=1S/C16H21NO3/c1-2-3-6-12-11-17(9-5-10-18)14-8-4-7-13(15(12)14)16(19)20/h4,7-8,11,18H,2-3,5-6,9-10H2,1H3,(H,19,20). The number of hydrogen-bond acceptors (Lipinski definition) is 2. The number of carbonyl (C=O) groups is 1. The number of carboxylic acid groups (broad SMARTS) is 1. The molecule has 0 atom stereocenters. The number of aliphatic hydroxyl groups excluding tert-OH is 1. The summed E-state index contributed by atoms with van der Waals surface area (Å²) in [6, 6.07) is 5.40. The Bertz CT molecular complexity index is 601. The van der Waals surface area contributed by atoms with Crippen molar-refractivity contribution in [3.63, 3.8) is 0 Å². The summed E-state index contributed by atoms with van der Waals surface area (Å²) < 4.78 is 2.06. The number of carboxylic acids is 1. The molecule has 1 heterocycles. The third-order valence-corrected chi connectivity index (χ3v) is 3.57. The first-order chi connectivity index (χ1) is 9.69. The summed E-state index contributed by atoms with van der Waals surface area (Å²) in [5, 5.41) is 19.2. The summed E-state index contributed by atoms with van der Waals surface area (Å²) in [6.07, 6.45) is 5.74. The van der Waals surface area contributed by atoms with Gasteiger partial charge in [0.2, 0.25) is 0 Å². The SMILES string of the molecule is CCCCc1cn(CCCO)c2cccc(C(=O)O)c12. The summed E-state index contributed by atoms with van der Waals surface area (Å²) in [7, 11) is 0. The second-order valence-corrected chi connectivity index (χ2v) is 5.03. The Morgan fingerprint density at radius 1 is 1.30 bits per heavy atom. The minimum Gasteiger partial charge on any atom is -0.478 e. The van der Waals surface area contributed by atoms with E-state index in [-0.39, 0.29) is 6.61 Å². The first kappa shape index (κ1) is 14.6. The molecule has 2 aromatic rings. The lowest BCUT2D eigenvalue weighted by molar-refractivity contribution is 0.0699. The van der Waals surface area contributed by atoms with Crippen LogP contribution in [0.4, 0.5) is 0 Å². The molecule has 20 heavy (non-hydrogen) atoms. The molecule has 0 spiro atoms. The van der Waals surface area contributed by atoms with Crippen LogP contribution in [0.5, 0.6) is 0 Å². The zero-order chi connectivity index (χ0) is 14.5. The van der Waals surface area contributed by atoms with Crippen LogP contribution in [-0.2, 0) is 13.0 Å². The van der Waals surface area contributed by atoms with Crippen LogP contribution in [0.1, 0.15) is 42.1 Å². The van der Waals surface area contributed by atoms with Crippen LogP contribution >= 0.6 is 0 Å². The number of nitrogens with zero attached hydrogens (tertiary/aromatic N) is 1. The molecule has 2 rings (SSSR count). The minimum absolute atomic E-state index is 0.141. The molecular formula is C16H21NO3. The number of hydrogen-bond donors (Lipinski definition) is 2. The number of unbranched alkanes of at least 4 members (excludes halogenated alkanes) is 1. The van der Waals surface area contributed by atoms with Gasteiger partial charge in [0.15, 0.2) is 0 Å². The van der Waals surface area contributed by atoms with Gasteiger partial charge in [-0.1, -0.05) is 19.4 Å². The highest BCUT2D eigenvalue weighted by molar-refractivity contribution is 6.04. The lowest BCUT2D eigenvalue weighted by atomic mass is 10.0. The normalized spacial score (nSPS) is 11.1. The summed E-state index contributed by atoms with van der Waals surface area (Å²) in [6.45, 7) is 2.98. The van der Waals surface area contributed by atoms with E-state index in [2.05, 4.69) is 11.5 Å². The molecular weight excluding hydrogens is 254 g/mol. The van der Waals surface area contributed by atoms with Gasteiger partial charge in [0, 0.05) is 30.3 Å². The lowest BCUT2D eigenvalue weighted by Gasteiger charge is -2.04. The number of rotatable bonds is 7. The molecule has 0 saturated heterocycles. The molecule has 2 N–H and O–H groups in total. The van der Waals surface area contributed by atoms with Crippen molar-refractivity contribution in [1.82, 2.24) is 4.57 Å². The largest absolute Gasteiger partial charge is 0.478 e. The van der Waals surface area contributed by atoms with Crippen LogP contribution in [0, 0.1) is 0 Å². The highest BCUT2D eigenvalue weighted by atomic mass is 16.4. The van der Waals surface area contributed by atoms with Crippen LogP contribution in [0.2, 0.25) is 0 Å². The van der Waals surface area contributed by atoms with Crippen LogP contribution in [0.25, 0.3) is 10.9 Å². The zero-order valence-electron chi connectivity index (χ0n) is 11.8. The van der Waals surface area contributed by atoms with Crippen LogP contribution < -0.4 is 0 Å². The van der Waals surface area contributed by atoms with Gasteiger partial charge in [0.1, 0.15) is 0 Å². The monoisotopic (exact) mass is 275 g/mol. The van der Waals surface area contributed by atoms with Gasteiger partial charge in [0.25, 0.3) is 0 Å². The molecule has 0 amide bonds. The molecule has 4 heteroatoms. The minimum atomic E-state index is -0.881. The van der Waals surface area contributed by atoms with E-state index < -0.39 is 5.97 Å². The molecule has 1 aromatic heterocycles. The molecule has 0 aliphatic heterocycles. The molecule has 0 fully saturated rings. The Kier molecular flexibility index (Phi) is 4.79. The van der Waals surface area contributed by atoms with E-state index in [0.29, 0.717) is 18.5 Å². The van der Waals surface area contributed by atoms with Crippen LogP contribution in [0.3, 0.4) is 0 Å². The molecule has 0 aliphatic rings. The fraction of sp³-hybridized carbons (Fsp3) is 0.438. The lowest BCUT2D eigenvalue weighted by Crippen LogP contribution is -2.00. The average molecular weight is 275 g/mol. The van der Waals surface area contributed by atoms with Gasteiger partial charge in [-0.3, -0.25) is 0 Å². The fourth-order valence-electron chi connectivity index (χ4n) is 2.60. The van der Waals surface area contributed by atoms with Crippen molar-refractivity contribution in [1.29, 1.82) is 0 Å². The quantitative estimate of drug-likeness (QED) is 0.816. The van der Waals surface area contributed by atoms with E-state index in [1.807, 2.05) is 12.3 Å². The number of aryl methyl sites for hydroxylation is 2. The third kappa shape index (κ3) is 2.85. The number of aromatic carboxylic acids is 1. The summed E-state index contributed by atoms with van der Waals surface area (Å²) >= 11 is 0. The van der Waals surface area contributed by atoms with Gasteiger partial charge in [-0.2, -0.15) is 0 Å². The van der Waals surface area contributed by atoms with E-state index in [4.69, 9.17) is 5.11 Å². The molecule has 4 nitrogen and oxygen atoms in total. The first-order valence-electron chi connectivity index (χ1n) is 7.14. The number of benzene rings is 1. The Labute approximate surface area is 118 Å². The molecule has 0 bridgehead atoms. The molecule has 0 saturated carbocycles. The average Bonchev–Trinajstić information content (AvgIpc) is 2.80. The molecule has 0 unspecified atom stereocenters. The predicted octanol–water partition coefficient (Wildman–Crippen LogP) is 3.06. The second kappa shape index (κ2) is 6.57. The Morgan fingerprint density at radius 2 is 2.10 bits per heavy atom. The summed E-state index contributed by atoms with van der Waals surface area (Å²) in [5.74, 6) is -0.881. The zero-order valence-corrected chi connectivity index (χ0v) is 11.8. The van der Waals surface area contributed by atoms with Gasteiger partial charge >= 0.3 is 5.97 Å². The summed E-state index contributed by atoms with van der Waals surface area (Å²) in [4.78, 5) is 11.4. The summed E-state index contributed by atoms with van der Waals surface area (Å²) in [5.41, 5.74) is 2.42. The van der Waals surface area contributed by atoms with Gasteiger partial charge in [-0.25, -0.2) is 4.79 Å². The third-order valence-electron chi connectivity index (χ3n) is 3.57. The topological polar surface area (TPSA) is 62.5 Å². The molecule has 108 valence electrons. The molecule has 0 aliphatic carbocycles. The van der Waals surface area contributed by atoms with Crippen molar-refractivity contribution in [3.8, 4) is 0 Å².